The van der Waals surface area contributed by atoms with Crippen LogP contribution < -0.4 is 10.5 Å². The van der Waals surface area contributed by atoms with Crippen molar-refractivity contribution in [2.45, 2.75) is 12.1 Å². The second-order valence-corrected chi connectivity index (χ2v) is 5.08. The third-order valence-electron chi connectivity index (χ3n) is 3.94. The fourth-order valence-corrected chi connectivity index (χ4v) is 2.87. The smallest absolute Gasteiger partial charge is 0.124 e. The SMILES string of the molecule is NC1c2ccccc2OCC1n1cnc2ccccc21. The molecule has 1 aliphatic rings. The molecule has 0 spiro atoms. The quantitative estimate of drug-likeness (QED) is 0.736. The van der Waals surface area contributed by atoms with Crippen molar-refractivity contribution < 1.29 is 4.74 Å². The van der Waals surface area contributed by atoms with E-state index in [-0.39, 0.29) is 12.1 Å². The van der Waals surface area contributed by atoms with E-state index in [1.165, 1.54) is 0 Å². The van der Waals surface area contributed by atoms with Gasteiger partial charge in [-0.25, -0.2) is 4.98 Å². The van der Waals surface area contributed by atoms with Crippen LogP contribution in [0.3, 0.4) is 0 Å². The van der Waals surface area contributed by atoms with Gasteiger partial charge in [-0.3, -0.25) is 0 Å². The lowest BCUT2D eigenvalue weighted by Crippen LogP contribution is -2.33. The molecule has 2 aromatic carbocycles. The molecule has 4 nitrogen and oxygen atoms in total. The van der Waals surface area contributed by atoms with Gasteiger partial charge < -0.3 is 15.0 Å². The van der Waals surface area contributed by atoms with Gasteiger partial charge in [-0.05, 0) is 18.2 Å². The molecule has 2 atom stereocenters. The number of fused-ring (bicyclic) bond motifs is 2. The molecular weight excluding hydrogens is 250 g/mol. The van der Waals surface area contributed by atoms with Crippen molar-refractivity contribution in [3.05, 3.63) is 60.4 Å². The molecule has 3 aromatic rings. The van der Waals surface area contributed by atoms with Gasteiger partial charge in [-0.15, -0.1) is 0 Å². The van der Waals surface area contributed by atoms with Gasteiger partial charge in [0, 0.05) is 5.56 Å². The Labute approximate surface area is 116 Å². The minimum atomic E-state index is -0.0856. The second-order valence-electron chi connectivity index (χ2n) is 5.08. The first-order valence-electron chi connectivity index (χ1n) is 6.73. The lowest BCUT2D eigenvalue weighted by atomic mass is 9.97. The zero-order valence-corrected chi connectivity index (χ0v) is 10.9. The molecule has 0 amide bonds. The van der Waals surface area contributed by atoms with Crippen LogP contribution in [0.4, 0.5) is 0 Å². The first kappa shape index (κ1) is 11.5. The summed E-state index contributed by atoms with van der Waals surface area (Å²) in [6, 6.07) is 16.0. The third-order valence-corrected chi connectivity index (χ3v) is 3.94. The average molecular weight is 265 g/mol. The number of imidazole rings is 1. The van der Waals surface area contributed by atoms with Crippen LogP contribution in [0.15, 0.2) is 54.9 Å². The number of rotatable bonds is 1. The van der Waals surface area contributed by atoms with Crippen molar-refractivity contribution in [1.82, 2.24) is 9.55 Å². The maximum absolute atomic E-state index is 6.44. The highest BCUT2D eigenvalue weighted by atomic mass is 16.5. The van der Waals surface area contributed by atoms with E-state index >= 15 is 0 Å². The monoisotopic (exact) mass is 265 g/mol. The number of aromatic nitrogens is 2. The average Bonchev–Trinajstić information content (AvgIpc) is 2.92. The number of hydrogen-bond donors (Lipinski definition) is 1. The topological polar surface area (TPSA) is 53.1 Å². The minimum absolute atomic E-state index is 0.0669. The van der Waals surface area contributed by atoms with Crippen molar-refractivity contribution in [2.75, 3.05) is 6.61 Å². The second kappa shape index (κ2) is 4.35. The lowest BCUT2D eigenvalue weighted by Gasteiger charge is -2.32. The molecule has 0 aliphatic carbocycles. The molecule has 0 bridgehead atoms. The first-order chi connectivity index (χ1) is 9.84. The molecule has 1 aromatic heterocycles. The summed E-state index contributed by atoms with van der Waals surface area (Å²) in [4.78, 5) is 4.44. The van der Waals surface area contributed by atoms with Gasteiger partial charge in [0.25, 0.3) is 0 Å². The maximum Gasteiger partial charge on any atom is 0.124 e. The fraction of sp³-hybridized carbons (Fsp3) is 0.188. The number of hydrogen-bond acceptors (Lipinski definition) is 3. The molecule has 2 N–H and O–H groups in total. The Morgan fingerprint density at radius 1 is 1.10 bits per heavy atom. The summed E-state index contributed by atoms with van der Waals surface area (Å²) in [5, 5.41) is 0. The highest BCUT2D eigenvalue weighted by Gasteiger charge is 2.29. The Morgan fingerprint density at radius 2 is 1.90 bits per heavy atom. The molecule has 4 rings (SSSR count). The summed E-state index contributed by atoms with van der Waals surface area (Å²) in [6.07, 6.45) is 1.85. The van der Waals surface area contributed by atoms with Crippen LogP contribution in [-0.2, 0) is 0 Å². The van der Waals surface area contributed by atoms with Crippen molar-refractivity contribution in [1.29, 1.82) is 0 Å². The van der Waals surface area contributed by atoms with Gasteiger partial charge in [0.1, 0.15) is 12.4 Å². The number of nitrogens with two attached hydrogens (primary N) is 1. The van der Waals surface area contributed by atoms with E-state index in [1.54, 1.807) is 0 Å². The van der Waals surface area contributed by atoms with E-state index < -0.39 is 0 Å². The maximum atomic E-state index is 6.44. The summed E-state index contributed by atoms with van der Waals surface area (Å²) >= 11 is 0. The Kier molecular flexibility index (Phi) is 2.50. The molecule has 0 saturated heterocycles. The third kappa shape index (κ3) is 1.62. The molecule has 0 fully saturated rings. The lowest BCUT2D eigenvalue weighted by molar-refractivity contribution is 0.200. The van der Waals surface area contributed by atoms with Crippen LogP contribution in [0.25, 0.3) is 11.0 Å². The van der Waals surface area contributed by atoms with Gasteiger partial charge in [0.05, 0.1) is 29.4 Å². The molecule has 0 saturated carbocycles. The number of ether oxygens (including phenoxy) is 1. The Morgan fingerprint density at radius 3 is 2.85 bits per heavy atom. The highest BCUT2D eigenvalue weighted by molar-refractivity contribution is 5.75. The van der Waals surface area contributed by atoms with Crippen LogP contribution in [-0.4, -0.2) is 16.2 Å². The zero-order valence-electron chi connectivity index (χ0n) is 10.9. The largest absolute Gasteiger partial charge is 0.491 e. The number of nitrogens with zero attached hydrogens (tertiary/aromatic N) is 2. The molecule has 4 heteroatoms. The summed E-state index contributed by atoms with van der Waals surface area (Å²) < 4.78 is 7.97. The molecule has 1 aliphatic heterocycles. The molecule has 2 unspecified atom stereocenters. The summed E-state index contributed by atoms with van der Waals surface area (Å²) in [6.45, 7) is 0.568. The van der Waals surface area contributed by atoms with Crippen molar-refractivity contribution in [3.8, 4) is 5.75 Å². The van der Waals surface area contributed by atoms with Gasteiger partial charge in [-0.1, -0.05) is 30.3 Å². The summed E-state index contributed by atoms with van der Waals surface area (Å²) in [5.74, 6) is 0.890. The van der Waals surface area contributed by atoms with E-state index in [0.29, 0.717) is 6.61 Å². The van der Waals surface area contributed by atoms with Gasteiger partial charge >= 0.3 is 0 Å². The van der Waals surface area contributed by atoms with E-state index in [4.69, 9.17) is 10.5 Å². The van der Waals surface area contributed by atoms with Crippen molar-refractivity contribution in [2.24, 2.45) is 5.73 Å². The van der Waals surface area contributed by atoms with Crippen molar-refractivity contribution >= 4 is 11.0 Å². The number of para-hydroxylation sites is 3. The Balaban J connectivity index is 1.81. The van der Waals surface area contributed by atoms with Crippen LogP contribution >= 0.6 is 0 Å². The van der Waals surface area contributed by atoms with E-state index in [2.05, 4.69) is 15.6 Å². The normalized spacial score (nSPS) is 21.4. The molecular formula is C16H15N3O. The molecule has 20 heavy (non-hydrogen) atoms. The predicted molar refractivity (Wildman–Crippen MR) is 77.6 cm³/mol. The molecule has 2 heterocycles. The summed E-state index contributed by atoms with van der Waals surface area (Å²) in [7, 11) is 0. The van der Waals surface area contributed by atoms with Crippen molar-refractivity contribution in [3.63, 3.8) is 0 Å². The van der Waals surface area contributed by atoms with E-state index in [9.17, 15) is 0 Å². The van der Waals surface area contributed by atoms with E-state index in [1.807, 2.05) is 48.8 Å². The Bertz CT molecular complexity index is 765. The molecule has 0 radical (unpaired) electrons. The first-order valence-corrected chi connectivity index (χ1v) is 6.73. The molecule has 100 valence electrons. The summed E-state index contributed by atoms with van der Waals surface area (Å²) in [5.41, 5.74) is 9.58. The van der Waals surface area contributed by atoms with Gasteiger partial charge in [-0.2, -0.15) is 0 Å². The van der Waals surface area contributed by atoms with Crippen LogP contribution in [0.2, 0.25) is 0 Å². The predicted octanol–water partition coefficient (Wildman–Crippen LogP) is 2.67. The minimum Gasteiger partial charge on any atom is -0.491 e. The Hall–Kier alpha value is -2.33. The standard InChI is InChI=1S/C16H15N3O/c17-16-11-5-1-4-8-15(11)20-9-14(16)19-10-18-12-6-2-3-7-13(12)19/h1-8,10,14,16H,9,17H2. The van der Waals surface area contributed by atoms with E-state index in [0.717, 1.165) is 22.3 Å². The number of benzene rings is 2. The van der Waals surface area contributed by atoms with Crippen LogP contribution in [0, 0.1) is 0 Å². The highest BCUT2D eigenvalue weighted by Crippen LogP contribution is 2.37. The van der Waals surface area contributed by atoms with Gasteiger partial charge in [0.15, 0.2) is 0 Å². The van der Waals surface area contributed by atoms with Crippen LogP contribution in [0.5, 0.6) is 5.75 Å². The fourth-order valence-electron chi connectivity index (χ4n) is 2.87. The zero-order chi connectivity index (χ0) is 13.5. The van der Waals surface area contributed by atoms with Gasteiger partial charge in [0.2, 0.25) is 0 Å². The van der Waals surface area contributed by atoms with Crippen LogP contribution in [0.1, 0.15) is 17.6 Å².